The van der Waals surface area contributed by atoms with Crippen LogP contribution in [0.25, 0.3) is 0 Å². The van der Waals surface area contributed by atoms with Crippen LogP contribution in [-0.2, 0) is 23.8 Å². The smallest absolute Gasteiger partial charge is 0.306 e. The summed E-state index contributed by atoms with van der Waals surface area (Å²) in [5, 5.41) is 57.0. The van der Waals surface area contributed by atoms with Crippen LogP contribution < -0.4 is 5.32 Å². The molecule has 0 aromatic rings. The summed E-state index contributed by atoms with van der Waals surface area (Å²) in [6.45, 7) is 5.75. The molecule has 76 heavy (non-hydrogen) atoms. The first-order valence-corrected chi connectivity index (χ1v) is 31.6. The van der Waals surface area contributed by atoms with E-state index in [0.29, 0.717) is 12.8 Å². The van der Waals surface area contributed by atoms with E-state index in [4.69, 9.17) is 14.2 Å². The van der Waals surface area contributed by atoms with Crippen molar-refractivity contribution in [1.82, 2.24) is 5.32 Å². The minimum Gasteiger partial charge on any atom is -0.454 e. The maximum atomic E-state index is 13.4. The standard InChI is InChI=1S/C65H117NO10/c1-4-7-10-13-16-19-22-25-27-28-29-30-31-32-34-37-40-43-46-49-52-58(69)64(73)66-56(57(68)51-48-45-42-39-36-33-24-21-18-15-12-9-6-3)55-74-65-63(62(72)61(71)59(54-67)75-65)76-60(70)53-50-47-44-41-38-35-26-23-20-17-14-11-8-5-2/h16,19,25,27,29-30,35,38,48,51,56-59,61-63,65,67-69,71-72H,4-15,17-18,20-24,26,28,31-34,36-37,39-47,49-50,52-55H2,1-3H3,(H,66,73)/b19-16-,27-25-,30-29-,38-35-,51-48+. The molecule has 1 rings (SSSR count). The first-order valence-electron chi connectivity index (χ1n) is 31.6. The molecular weight excluding hydrogens is 955 g/mol. The lowest BCUT2D eigenvalue weighted by atomic mass is 9.99. The summed E-state index contributed by atoms with van der Waals surface area (Å²) in [6.07, 6.45) is 55.4. The first kappa shape index (κ1) is 71.4. The monoisotopic (exact) mass is 1070 g/mol. The maximum Gasteiger partial charge on any atom is 0.306 e. The Morgan fingerprint density at radius 3 is 1.39 bits per heavy atom. The highest BCUT2D eigenvalue weighted by Crippen LogP contribution is 2.26. The Kier molecular flexibility index (Phi) is 49.8. The second-order valence-corrected chi connectivity index (χ2v) is 21.8. The fourth-order valence-corrected chi connectivity index (χ4v) is 9.59. The number of hydrogen-bond acceptors (Lipinski definition) is 10. The van der Waals surface area contributed by atoms with E-state index in [1.165, 1.54) is 141 Å². The van der Waals surface area contributed by atoms with E-state index >= 15 is 0 Å². The van der Waals surface area contributed by atoms with Crippen molar-refractivity contribution in [2.75, 3.05) is 13.2 Å². The van der Waals surface area contributed by atoms with Crippen LogP contribution in [0.3, 0.4) is 0 Å². The molecule has 1 amide bonds. The van der Waals surface area contributed by atoms with Gasteiger partial charge >= 0.3 is 5.97 Å². The van der Waals surface area contributed by atoms with Crippen LogP contribution >= 0.6 is 0 Å². The number of unbranched alkanes of at least 4 members (excludes halogenated alkanes) is 31. The highest BCUT2D eigenvalue weighted by Gasteiger charge is 2.47. The Bertz CT molecular complexity index is 1460. The average molecular weight is 1070 g/mol. The van der Waals surface area contributed by atoms with Crippen molar-refractivity contribution in [3.63, 3.8) is 0 Å². The Hall–Kier alpha value is -2.64. The fourth-order valence-electron chi connectivity index (χ4n) is 9.59. The van der Waals surface area contributed by atoms with Crippen LogP contribution in [-0.4, -0.2) is 99.6 Å². The van der Waals surface area contributed by atoms with Crippen molar-refractivity contribution < 1.29 is 49.3 Å². The van der Waals surface area contributed by atoms with Gasteiger partial charge < -0.3 is 45.1 Å². The quantitative estimate of drug-likeness (QED) is 0.0195. The average Bonchev–Trinajstić information content (AvgIpc) is 3.42. The first-order chi connectivity index (χ1) is 37.2. The van der Waals surface area contributed by atoms with E-state index < -0.39 is 67.4 Å². The lowest BCUT2D eigenvalue weighted by Crippen LogP contribution is -2.61. The van der Waals surface area contributed by atoms with E-state index in [1.54, 1.807) is 6.08 Å². The van der Waals surface area contributed by atoms with E-state index in [1.807, 2.05) is 6.08 Å². The van der Waals surface area contributed by atoms with E-state index in [9.17, 15) is 35.1 Å². The summed E-state index contributed by atoms with van der Waals surface area (Å²) in [4.78, 5) is 26.5. The van der Waals surface area contributed by atoms with Gasteiger partial charge in [0.15, 0.2) is 12.4 Å². The zero-order valence-electron chi connectivity index (χ0n) is 48.9. The minimum atomic E-state index is -1.62. The zero-order valence-corrected chi connectivity index (χ0v) is 48.9. The van der Waals surface area contributed by atoms with Crippen LogP contribution in [0.1, 0.15) is 278 Å². The zero-order chi connectivity index (χ0) is 55.4. The van der Waals surface area contributed by atoms with Crippen LogP contribution in [0, 0.1) is 0 Å². The summed E-state index contributed by atoms with van der Waals surface area (Å²) in [6, 6.07) is -1.03. The molecule has 11 heteroatoms. The SMILES string of the molecule is CCCCC/C=C\C/C=C\C/C=C\CCCCCCCCCC(O)C(=O)NC(COC1OC(CO)C(O)C(O)C1OC(=O)CCCCC/C=C\CCCCCCCCC)C(O)/C=C/CCCCCCCCCCCCC. The van der Waals surface area contributed by atoms with Crippen LogP contribution in [0.5, 0.6) is 0 Å². The van der Waals surface area contributed by atoms with Gasteiger partial charge in [0, 0.05) is 6.42 Å². The molecule has 11 nitrogen and oxygen atoms in total. The van der Waals surface area contributed by atoms with Crippen molar-refractivity contribution >= 4 is 11.9 Å². The molecule has 442 valence electrons. The van der Waals surface area contributed by atoms with Gasteiger partial charge in [0.2, 0.25) is 5.91 Å². The second kappa shape index (κ2) is 53.0. The van der Waals surface area contributed by atoms with Gasteiger partial charge in [-0.1, -0.05) is 242 Å². The number of allylic oxidation sites excluding steroid dienone is 9. The molecule has 6 N–H and O–H groups in total. The predicted octanol–water partition coefficient (Wildman–Crippen LogP) is 15.0. The molecule has 1 fully saturated rings. The molecule has 1 aliphatic rings. The third-order valence-corrected chi connectivity index (χ3v) is 14.6. The lowest BCUT2D eigenvalue weighted by molar-refractivity contribution is -0.305. The number of esters is 1. The maximum absolute atomic E-state index is 13.4. The number of carbonyl (C=O) groups excluding carboxylic acids is 2. The van der Waals surface area contributed by atoms with Crippen molar-refractivity contribution in [2.24, 2.45) is 0 Å². The van der Waals surface area contributed by atoms with Crippen molar-refractivity contribution in [1.29, 1.82) is 0 Å². The number of rotatable bonds is 53. The minimum absolute atomic E-state index is 0.102. The normalized spacial score (nSPS) is 19.5. The molecule has 0 bridgehead atoms. The number of hydrogen-bond donors (Lipinski definition) is 6. The summed E-state index contributed by atoms with van der Waals surface area (Å²) >= 11 is 0. The van der Waals surface area contributed by atoms with Crippen molar-refractivity contribution in [3.05, 3.63) is 60.8 Å². The molecule has 0 saturated carbocycles. The van der Waals surface area contributed by atoms with Crippen LogP contribution in [0.2, 0.25) is 0 Å². The molecule has 1 heterocycles. The van der Waals surface area contributed by atoms with Crippen LogP contribution in [0.15, 0.2) is 60.8 Å². The van der Waals surface area contributed by atoms with Gasteiger partial charge in [-0.15, -0.1) is 0 Å². The Labute approximate surface area is 465 Å². The third-order valence-electron chi connectivity index (χ3n) is 14.6. The number of carbonyl (C=O) groups is 2. The van der Waals surface area contributed by atoms with E-state index in [-0.39, 0.29) is 19.4 Å². The molecule has 0 aliphatic carbocycles. The topological polar surface area (TPSA) is 175 Å². The van der Waals surface area contributed by atoms with E-state index in [0.717, 1.165) is 89.9 Å². The second-order valence-electron chi connectivity index (χ2n) is 21.8. The fraction of sp³-hybridized carbons (Fsp3) is 0.815. The summed E-state index contributed by atoms with van der Waals surface area (Å²) in [7, 11) is 0. The van der Waals surface area contributed by atoms with Crippen molar-refractivity contribution in [2.45, 2.75) is 327 Å². The van der Waals surface area contributed by atoms with Gasteiger partial charge in [-0.2, -0.15) is 0 Å². The van der Waals surface area contributed by atoms with Gasteiger partial charge in [0.25, 0.3) is 0 Å². The van der Waals surface area contributed by atoms with Crippen molar-refractivity contribution in [3.8, 4) is 0 Å². The Morgan fingerprint density at radius 1 is 0.513 bits per heavy atom. The summed E-state index contributed by atoms with van der Waals surface area (Å²) in [5.41, 5.74) is 0. The van der Waals surface area contributed by atoms with Gasteiger partial charge in [0.1, 0.15) is 24.4 Å². The number of nitrogens with one attached hydrogen (secondary N) is 1. The van der Waals surface area contributed by atoms with Crippen LogP contribution in [0.4, 0.5) is 0 Å². The van der Waals surface area contributed by atoms with E-state index in [2.05, 4.69) is 74.7 Å². The molecule has 1 saturated heterocycles. The summed E-state index contributed by atoms with van der Waals surface area (Å²) in [5.74, 6) is -1.22. The van der Waals surface area contributed by atoms with Gasteiger partial charge in [-0.25, -0.2) is 0 Å². The molecule has 1 aliphatic heterocycles. The largest absolute Gasteiger partial charge is 0.454 e. The van der Waals surface area contributed by atoms with Gasteiger partial charge in [-0.05, 0) is 89.9 Å². The highest BCUT2D eigenvalue weighted by molar-refractivity contribution is 5.80. The van der Waals surface area contributed by atoms with Gasteiger partial charge in [0.05, 0.1) is 25.4 Å². The highest BCUT2D eigenvalue weighted by atomic mass is 16.7. The molecule has 0 aromatic heterocycles. The summed E-state index contributed by atoms with van der Waals surface area (Å²) < 4.78 is 17.6. The molecule has 0 radical (unpaired) electrons. The predicted molar refractivity (Wildman–Crippen MR) is 315 cm³/mol. The molecule has 0 aromatic carbocycles. The Balaban J connectivity index is 2.70. The third kappa shape index (κ3) is 40.5. The number of aliphatic hydroxyl groups is 5. The number of amides is 1. The Morgan fingerprint density at radius 2 is 0.908 bits per heavy atom. The number of ether oxygens (including phenoxy) is 3. The number of aliphatic hydroxyl groups excluding tert-OH is 5. The molecule has 8 unspecified atom stereocenters. The molecular formula is C65H117NO10. The lowest BCUT2D eigenvalue weighted by Gasteiger charge is -2.41. The van der Waals surface area contributed by atoms with Gasteiger partial charge in [-0.3, -0.25) is 9.59 Å². The molecule has 8 atom stereocenters. The molecule has 0 spiro atoms.